The molecule has 1 aromatic heterocycles. The highest BCUT2D eigenvalue weighted by molar-refractivity contribution is 7.99. The number of carbonyl (C=O) groups is 2. The second-order valence-corrected chi connectivity index (χ2v) is 6.83. The SMILES string of the molecule is CCCSc1nsc(NC(=O)CN2C(=O)COc3ccccc32)n1. The third-order valence-corrected chi connectivity index (χ3v) is 5.00. The van der Waals surface area contributed by atoms with Gasteiger partial charge in [-0.05, 0) is 18.6 Å². The first-order valence-electron chi connectivity index (χ1n) is 7.46. The molecule has 1 N–H and O–H groups in total. The largest absolute Gasteiger partial charge is 0.482 e. The van der Waals surface area contributed by atoms with Crippen molar-refractivity contribution in [3.05, 3.63) is 24.3 Å². The van der Waals surface area contributed by atoms with Gasteiger partial charge in [0.2, 0.25) is 16.2 Å². The van der Waals surface area contributed by atoms with Gasteiger partial charge in [0.05, 0.1) is 5.69 Å². The molecule has 2 amide bonds. The Morgan fingerprint density at radius 1 is 1.46 bits per heavy atom. The second kappa shape index (κ2) is 7.63. The number of thioether (sulfide) groups is 1. The maximum absolute atomic E-state index is 12.2. The third kappa shape index (κ3) is 3.85. The predicted molar refractivity (Wildman–Crippen MR) is 93.8 cm³/mol. The third-order valence-electron chi connectivity index (χ3n) is 3.20. The lowest BCUT2D eigenvalue weighted by atomic mass is 10.2. The summed E-state index contributed by atoms with van der Waals surface area (Å²) >= 11 is 2.69. The molecule has 0 aliphatic carbocycles. The molecule has 0 spiro atoms. The van der Waals surface area contributed by atoms with E-state index < -0.39 is 0 Å². The van der Waals surface area contributed by atoms with Crippen LogP contribution in [0.5, 0.6) is 5.75 Å². The maximum Gasteiger partial charge on any atom is 0.265 e. The van der Waals surface area contributed by atoms with Gasteiger partial charge in [-0.2, -0.15) is 9.36 Å². The summed E-state index contributed by atoms with van der Waals surface area (Å²) in [4.78, 5) is 30.0. The Labute approximate surface area is 147 Å². The topological polar surface area (TPSA) is 84.4 Å². The number of amides is 2. The van der Waals surface area contributed by atoms with Crippen molar-refractivity contribution in [1.29, 1.82) is 0 Å². The van der Waals surface area contributed by atoms with Crippen LogP contribution in [0.2, 0.25) is 0 Å². The number of anilines is 2. The summed E-state index contributed by atoms with van der Waals surface area (Å²) in [6, 6.07) is 7.15. The number of nitrogens with one attached hydrogen (secondary N) is 1. The number of para-hydroxylation sites is 2. The van der Waals surface area contributed by atoms with Crippen LogP contribution < -0.4 is 15.0 Å². The van der Waals surface area contributed by atoms with Gasteiger partial charge in [0.1, 0.15) is 12.3 Å². The zero-order chi connectivity index (χ0) is 16.9. The minimum absolute atomic E-state index is 0.0685. The molecule has 0 bridgehead atoms. The van der Waals surface area contributed by atoms with E-state index >= 15 is 0 Å². The van der Waals surface area contributed by atoms with Crippen molar-refractivity contribution < 1.29 is 14.3 Å². The number of rotatable bonds is 6. The fourth-order valence-corrected chi connectivity index (χ4v) is 3.56. The molecule has 9 heteroatoms. The molecule has 1 aliphatic rings. The van der Waals surface area contributed by atoms with Gasteiger partial charge in [0, 0.05) is 17.3 Å². The summed E-state index contributed by atoms with van der Waals surface area (Å²) in [5, 5.41) is 3.79. The van der Waals surface area contributed by atoms with Gasteiger partial charge >= 0.3 is 0 Å². The molecular formula is C15H16N4O3S2. The first-order valence-corrected chi connectivity index (χ1v) is 9.22. The maximum atomic E-state index is 12.2. The summed E-state index contributed by atoms with van der Waals surface area (Å²) in [7, 11) is 0. The van der Waals surface area contributed by atoms with Gasteiger partial charge in [-0.15, -0.1) is 0 Å². The first kappa shape index (κ1) is 16.7. The molecule has 0 unspecified atom stereocenters. The van der Waals surface area contributed by atoms with Gasteiger partial charge < -0.3 is 4.74 Å². The van der Waals surface area contributed by atoms with Crippen LogP contribution in [0.1, 0.15) is 13.3 Å². The number of benzene rings is 1. The summed E-state index contributed by atoms with van der Waals surface area (Å²) in [6.07, 6.45) is 1.03. The highest BCUT2D eigenvalue weighted by atomic mass is 32.2. The van der Waals surface area contributed by atoms with Crippen molar-refractivity contribution in [3.8, 4) is 5.75 Å². The van der Waals surface area contributed by atoms with E-state index in [1.54, 1.807) is 30.0 Å². The number of fused-ring (bicyclic) bond motifs is 1. The summed E-state index contributed by atoms with van der Waals surface area (Å²) in [5.41, 5.74) is 0.598. The summed E-state index contributed by atoms with van der Waals surface area (Å²) in [5.74, 6) is 0.964. The number of hydrogen-bond acceptors (Lipinski definition) is 7. The Hall–Kier alpha value is -2.13. The number of nitrogens with zero attached hydrogens (tertiary/aromatic N) is 3. The molecule has 0 atom stereocenters. The molecule has 0 saturated heterocycles. The number of carbonyl (C=O) groups excluding carboxylic acids is 2. The Morgan fingerprint density at radius 3 is 3.12 bits per heavy atom. The van der Waals surface area contributed by atoms with Crippen molar-refractivity contribution in [1.82, 2.24) is 9.36 Å². The van der Waals surface area contributed by atoms with Gasteiger partial charge in [-0.3, -0.25) is 19.8 Å². The molecule has 0 saturated carbocycles. The first-order chi connectivity index (χ1) is 11.7. The van der Waals surface area contributed by atoms with Crippen molar-refractivity contribution in [2.45, 2.75) is 18.5 Å². The summed E-state index contributed by atoms with van der Waals surface area (Å²) in [6.45, 7) is 1.93. The monoisotopic (exact) mass is 364 g/mol. The Balaban J connectivity index is 1.64. The standard InChI is InChI=1S/C15H16N4O3S2/c1-2-7-23-15-17-14(24-18-15)16-12(20)8-19-10-5-3-4-6-11(10)22-9-13(19)21/h3-6H,2,7-9H2,1H3,(H,16,17,18,20). The smallest absolute Gasteiger partial charge is 0.265 e. The second-order valence-electron chi connectivity index (χ2n) is 5.02. The fourth-order valence-electron chi connectivity index (χ4n) is 2.14. The molecule has 7 nitrogen and oxygen atoms in total. The van der Waals surface area contributed by atoms with Gasteiger partial charge in [-0.1, -0.05) is 30.8 Å². The van der Waals surface area contributed by atoms with Crippen molar-refractivity contribution in [3.63, 3.8) is 0 Å². The van der Waals surface area contributed by atoms with Crippen LogP contribution in [0.3, 0.4) is 0 Å². The van der Waals surface area contributed by atoms with E-state index in [4.69, 9.17) is 4.74 Å². The van der Waals surface area contributed by atoms with Crippen LogP contribution in [0, 0.1) is 0 Å². The molecule has 3 rings (SSSR count). The molecule has 0 radical (unpaired) electrons. The summed E-state index contributed by atoms with van der Waals surface area (Å²) < 4.78 is 9.54. The minimum atomic E-state index is -0.316. The Kier molecular flexibility index (Phi) is 5.31. The van der Waals surface area contributed by atoms with E-state index in [-0.39, 0.29) is 25.0 Å². The quantitative estimate of drug-likeness (QED) is 0.793. The fraction of sp³-hybridized carbons (Fsp3) is 0.333. The average Bonchev–Trinajstić information content (AvgIpc) is 3.03. The molecule has 126 valence electrons. The molecule has 2 heterocycles. The highest BCUT2D eigenvalue weighted by Crippen LogP contribution is 2.31. The van der Waals surface area contributed by atoms with Gasteiger partial charge in [-0.25, -0.2) is 0 Å². The van der Waals surface area contributed by atoms with E-state index in [9.17, 15) is 9.59 Å². The van der Waals surface area contributed by atoms with Crippen LogP contribution in [-0.2, 0) is 9.59 Å². The zero-order valence-corrected chi connectivity index (χ0v) is 14.7. The number of aromatic nitrogens is 2. The van der Waals surface area contributed by atoms with E-state index in [0.717, 1.165) is 23.7 Å². The van der Waals surface area contributed by atoms with Crippen LogP contribution in [-0.4, -0.2) is 40.1 Å². The Bertz CT molecular complexity index is 750. The lowest BCUT2D eigenvalue weighted by Gasteiger charge is -2.28. The van der Waals surface area contributed by atoms with Crippen LogP contribution in [0.4, 0.5) is 10.8 Å². The van der Waals surface area contributed by atoms with E-state index in [1.165, 1.54) is 4.90 Å². The van der Waals surface area contributed by atoms with Gasteiger partial charge in [0.25, 0.3) is 5.91 Å². The van der Waals surface area contributed by atoms with Gasteiger partial charge in [0.15, 0.2) is 6.61 Å². The van der Waals surface area contributed by atoms with E-state index in [0.29, 0.717) is 21.7 Å². The van der Waals surface area contributed by atoms with Crippen LogP contribution in [0.15, 0.2) is 29.4 Å². The highest BCUT2D eigenvalue weighted by Gasteiger charge is 2.27. The number of ether oxygens (including phenoxy) is 1. The minimum Gasteiger partial charge on any atom is -0.482 e. The average molecular weight is 364 g/mol. The lowest BCUT2D eigenvalue weighted by molar-refractivity contribution is -0.123. The van der Waals surface area contributed by atoms with Crippen LogP contribution >= 0.6 is 23.3 Å². The molecular weight excluding hydrogens is 348 g/mol. The molecule has 24 heavy (non-hydrogen) atoms. The van der Waals surface area contributed by atoms with Crippen LogP contribution in [0.25, 0.3) is 0 Å². The van der Waals surface area contributed by atoms with Crippen molar-refractivity contribution >= 4 is 45.9 Å². The van der Waals surface area contributed by atoms with Crippen molar-refractivity contribution in [2.75, 3.05) is 29.1 Å². The molecule has 1 aromatic carbocycles. The predicted octanol–water partition coefficient (Wildman–Crippen LogP) is 2.40. The number of hydrogen-bond donors (Lipinski definition) is 1. The van der Waals surface area contributed by atoms with E-state index in [1.807, 2.05) is 6.07 Å². The molecule has 0 fully saturated rings. The normalized spacial score (nSPS) is 13.4. The van der Waals surface area contributed by atoms with Crippen molar-refractivity contribution in [2.24, 2.45) is 0 Å². The Morgan fingerprint density at radius 2 is 2.29 bits per heavy atom. The zero-order valence-electron chi connectivity index (χ0n) is 13.0. The lowest BCUT2D eigenvalue weighted by Crippen LogP contribution is -2.43. The van der Waals surface area contributed by atoms with E-state index in [2.05, 4.69) is 21.6 Å². The molecule has 1 aliphatic heterocycles. The molecule has 2 aromatic rings.